The SMILES string of the molecule is CCCCC(N)c1cnc2c(Cl)cc(C(F)(F)F)cn12. The molecule has 3 nitrogen and oxygen atoms in total. The van der Waals surface area contributed by atoms with Crippen molar-refractivity contribution in [2.75, 3.05) is 0 Å². The molecule has 0 radical (unpaired) electrons. The van der Waals surface area contributed by atoms with E-state index in [-0.39, 0.29) is 11.1 Å². The van der Waals surface area contributed by atoms with Gasteiger partial charge in [-0.15, -0.1) is 0 Å². The Kier molecular flexibility index (Phi) is 4.25. The molecular formula is C13H15ClF3N3. The predicted molar refractivity (Wildman–Crippen MR) is 71.7 cm³/mol. The predicted octanol–water partition coefficient (Wildman–Crippen LogP) is 4.20. The Morgan fingerprint density at radius 1 is 1.45 bits per heavy atom. The molecule has 0 saturated carbocycles. The highest BCUT2D eigenvalue weighted by Gasteiger charge is 2.32. The molecule has 0 bridgehead atoms. The summed E-state index contributed by atoms with van der Waals surface area (Å²) in [7, 11) is 0. The lowest BCUT2D eigenvalue weighted by molar-refractivity contribution is -0.137. The van der Waals surface area contributed by atoms with Gasteiger partial charge >= 0.3 is 6.18 Å². The summed E-state index contributed by atoms with van der Waals surface area (Å²) >= 11 is 5.87. The molecule has 0 aliphatic rings. The minimum absolute atomic E-state index is 0.0335. The zero-order valence-corrected chi connectivity index (χ0v) is 11.7. The van der Waals surface area contributed by atoms with E-state index >= 15 is 0 Å². The molecule has 0 saturated heterocycles. The van der Waals surface area contributed by atoms with Crippen LogP contribution in [-0.2, 0) is 6.18 Å². The largest absolute Gasteiger partial charge is 0.417 e. The van der Waals surface area contributed by atoms with Gasteiger partial charge in [0.2, 0.25) is 0 Å². The van der Waals surface area contributed by atoms with Crippen LogP contribution in [0.15, 0.2) is 18.5 Å². The van der Waals surface area contributed by atoms with Gasteiger partial charge in [-0.1, -0.05) is 31.4 Å². The van der Waals surface area contributed by atoms with E-state index in [1.54, 1.807) is 0 Å². The smallest absolute Gasteiger partial charge is 0.323 e. The number of nitrogens with zero attached hydrogens (tertiary/aromatic N) is 2. The van der Waals surface area contributed by atoms with E-state index < -0.39 is 11.7 Å². The number of pyridine rings is 1. The maximum atomic E-state index is 12.8. The Hall–Kier alpha value is -1.27. The molecule has 110 valence electrons. The zero-order valence-electron chi connectivity index (χ0n) is 10.9. The van der Waals surface area contributed by atoms with Crippen molar-refractivity contribution in [1.29, 1.82) is 0 Å². The summed E-state index contributed by atoms with van der Waals surface area (Å²) in [5, 5.41) is -0.0335. The number of alkyl halides is 3. The molecule has 1 unspecified atom stereocenters. The number of fused-ring (bicyclic) bond motifs is 1. The van der Waals surface area contributed by atoms with Gasteiger partial charge in [-0.25, -0.2) is 4.98 Å². The standard InChI is InChI=1S/C13H15ClF3N3/c1-2-3-4-10(18)11-6-19-12-9(14)5-8(7-20(11)12)13(15,16)17/h5-7,10H,2-4,18H2,1H3. The highest BCUT2D eigenvalue weighted by atomic mass is 35.5. The lowest BCUT2D eigenvalue weighted by Gasteiger charge is -2.13. The monoisotopic (exact) mass is 305 g/mol. The molecule has 0 amide bonds. The van der Waals surface area contributed by atoms with Crippen LogP contribution in [0.25, 0.3) is 5.65 Å². The minimum atomic E-state index is -4.45. The van der Waals surface area contributed by atoms with Crippen LogP contribution in [0.1, 0.15) is 43.5 Å². The highest BCUT2D eigenvalue weighted by molar-refractivity contribution is 6.33. The summed E-state index contributed by atoms with van der Waals surface area (Å²) in [6.45, 7) is 2.03. The van der Waals surface area contributed by atoms with Gasteiger partial charge in [0.1, 0.15) is 0 Å². The molecule has 1 atom stereocenters. The summed E-state index contributed by atoms with van der Waals surface area (Å²) in [6, 6.07) is 0.523. The summed E-state index contributed by atoms with van der Waals surface area (Å²) in [4.78, 5) is 4.05. The number of aromatic nitrogens is 2. The van der Waals surface area contributed by atoms with E-state index in [0.717, 1.165) is 25.1 Å². The van der Waals surface area contributed by atoms with Crippen molar-refractivity contribution >= 4 is 17.2 Å². The summed E-state index contributed by atoms with van der Waals surface area (Å²) in [5.74, 6) is 0. The van der Waals surface area contributed by atoms with Gasteiger partial charge in [0, 0.05) is 12.2 Å². The van der Waals surface area contributed by atoms with Crippen LogP contribution in [0.2, 0.25) is 5.02 Å². The summed E-state index contributed by atoms with van der Waals surface area (Å²) < 4.78 is 39.8. The van der Waals surface area contributed by atoms with E-state index in [2.05, 4.69) is 4.98 Å². The average molecular weight is 306 g/mol. The normalized spacial score (nSPS) is 13.9. The Labute approximate surface area is 119 Å². The fourth-order valence-electron chi connectivity index (χ4n) is 2.07. The summed E-state index contributed by atoms with van der Waals surface area (Å²) in [5.41, 5.74) is 6.04. The fraction of sp³-hybridized carbons (Fsp3) is 0.462. The van der Waals surface area contributed by atoms with Crippen molar-refractivity contribution in [3.8, 4) is 0 Å². The Morgan fingerprint density at radius 2 is 2.15 bits per heavy atom. The second-order valence-electron chi connectivity index (χ2n) is 4.70. The Balaban J connectivity index is 2.50. The van der Waals surface area contributed by atoms with Gasteiger partial charge in [0.15, 0.2) is 5.65 Å². The van der Waals surface area contributed by atoms with Crippen molar-refractivity contribution in [3.63, 3.8) is 0 Å². The lowest BCUT2D eigenvalue weighted by atomic mass is 10.1. The van der Waals surface area contributed by atoms with E-state index in [4.69, 9.17) is 17.3 Å². The van der Waals surface area contributed by atoms with Crippen LogP contribution in [0, 0.1) is 0 Å². The molecule has 20 heavy (non-hydrogen) atoms. The number of nitrogens with two attached hydrogens (primary N) is 1. The third kappa shape index (κ3) is 2.91. The van der Waals surface area contributed by atoms with Crippen LogP contribution in [0.5, 0.6) is 0 Å². The molecule has 2 N–H and O–H groups in total. The molecule has 0 fully saturated rings. The lowest BCUT2D eigenvalue weighted by Crippen LogP contribution is -2.14. The molecule has 2 aromatic heterocycles. The second-order valence-corrected chi connectivity index (χ2v) is 5.11. The number of unbranched alkanes of at least 4 members (excludes halogenated alkanes) is 1. The molecule has 0 spiro atoms. The van der Waals surface area contributed by atoms with Gasteiger partial charge in [-0.2, -0.15) is 13.2 Å². The maximum Gasteiger partial charge on any atom is 0.417 e. The first-order valence-corrected chi connectivity index (χ1v) is 6.71. The van der Waals surface area contributed by atoms with E-state index in [9.17, 15) is 13.2 Å². The van der Waals surface area contributed by atoms with Crippen LogP contribution < -0.4 is 5.73 Å². The van der Waals surface area contributed by atoms with Crippen LogP contribution in [-0.4, -0.2) is 9.38 Å². The van der Waals surface area contributed by atoms with Crippen LogP contribution in [0.4, 0.5) is 13.2 Å². The highest BCUT2D eigenvalue weighted by Crippen LogP contribution is 2.33. The number of hydrogen-bond donors (Lipinski definition) is 1. The molecule has 7 heteroatoms. The van der Waals surface area contributed by atoms with Gasteiger partial charge < -0.3 is 10.1 Å². The first-order chi connectivity index (χ1) is 9.34. The van der Waals surface area contributed by atoms with Gasteiger partial charge in [0.05, 0.1) is 22.5 Å². The molecule has 0 aliphatic carbocycles. The average Bonchev–Trinajstić information content (AvgIpc) is 2.79. The topological polar surface area (TPSA) is 43.3 Å². The van der Waals surface area contributed by atoms with Crippen molar-refractivity contribution in [1.82, 2.24) is 9.38 Å². The third-order valence-electron chi connectivity index (χ3n) is 3.17. The van der Waals surface area contributed by atoms with E-state index in [1.165, 1.54) is 10.6 Å². The van der Waals surface area contributed by atoms with Crippen LogP contribution in [0.3, 0.4) is 0 Å². The molecule has 2 rings (SSSR count). The number of rotatable bonds is 4. The minimum Gasteiger partial charge on any atom is -0.323 e. The maximum absolute atomic E-state index is 12.8. The number of imidazole rings is 1. The van der Waals surface area contributed by atoms with Crippen molar-refractivity contribution < 1.29 is 13.2 Å². The Morgan fingerprint density at radius 3 is 2.75 bits per heavy atom. The quantitative estimate of drug-likeness (QED) is 0.920. The molecule has 2 heterocycles. The number of hydrogen-bond acceptors (Lipinski definition) is 2. The van der Waals surface area contributed by atoms with Crippen molar-refractivity contribution in [3.05, 3.63) is 34.7 Å². The first kappa shape index (κ1) is 15.1. The Bertz CT molecular complexity index is 607. The molecule has 0 aromatic carbocycles. The van der Waals surface area contributed by atoms with Gasteiger partial charge in [-0.3, -0.25) is 0 Å². The van der Waals surface area contributed by atoms with Crippen molar-refractivity contribution in [2.24, 2.45) is 5.73 Å². The van der Waals surface area contributed by atoms with Gasteiger partial charge in [0.25, 0.3) is 0 Å². The van der Waals surface area contributed by atoms with Gasteiger partial charge in [-0.05, 0) is 12.5 Å². The zero-order chi connectivity index (χ0) is 14.9. The number of halogens is 4. The summed E-state index contributed by atoms with van der Waals surface area (Å²) in [6.07, 6.45) is 0.599. The first-order valence-electron chi connectivity index (χ1n) is 6.34. The molecular weight excluding hydrogens is 291 g/mol. The third-order valence-corrected chi connectivity index (χ3v) is 3.44. The van der Waals surface area contributed by atoms with Crippen LogP contribution >= 0.6 is 11.6 Å². The van der Waals surface area contributed by atoms with E-state index in [1.807, 2.05) is 6.92 Å². The van der Waals surface area contributed by atoms with E-state index in [0.29, 0.717) is 17.8 Å². The van der Waals surface area contributed by atoms with Crippen molar-refractivity contribution in [2.45, 2.75) is 38.4 Å². The fourth-order valence-corrected chi connectivity index (χ4v) is 2.32. The molecule has 2 aromatic rings. The second kappa shape index (κ2) is 5.61. The molecule has 0 aliphatic heterocycles.